The monoisotopic (exact) mass is 664 g/mol. The van der Waals surface area contributed by atoms with Crippen LogP contribution in [0.4, 0.5) is 101 Å². The van der Waals surface area contributed by atoms with Crippen molar-refractivity contribution >= 4 is 10.1 Å². The van der Waals surface area contributed by atoms with Gasteiger partial charge in [0.2, 0.25) is 0 Å². The highest BCUT2D eigenvalue weighted by Gasteiger charge is 2.98. The summed E-state index contributed by atoms with van der Waals surface area (Å²) in [5.41, 5.74) is -6.24. The molecule has 0 saturated carbocycles. The van der Waals surface area contributed by atoms with Gasteiger partial charge in [-0.3, -0.25) is 4.55 Å². The Bertz CT molecular complexity index is 1010. The third-order valence-electron chi connectivity index (χ3n) is 4.42. The molecule has 0 saturated heterocycles. The minimum absolute atomic E-state index is 6.24. The first kappa shape index (κ1) is 37.3. The number of hydrogen-bond acceptors (Lipinski definition) is 2. The van der Waals surface area contributed by atoms with Crippen molar-refractivity contribution in [1.29, 1.82) is 0 Å². The fraction of sp³-hybridized carbons (Fsp3) is 1.00. The Labute approximate surface area is 196 Å². The Kier molecular flexibility index (Phi) is 8.75. The predicted molar refractivity (Wildman–Crippen MR) is 71.9 cm³/mol. The van der Waals surface area contributed by atoms with E-state index < -0.39 is 81.3 Å². The molecule has 0 fully saturated rings. The van der Waals surface area contributed by atoms with Crippen LogP contribution in [0, 0.1) is 0 Å². The summed E-state index contributed by atoms with van der Waals surface area (Å²) in [5.74, 6) is -89.8. The van der Waals surface area contributed by atoms with Gasteiger partial charge in [-0.25, -0.2) is 13.2 Å². The molecule has 1 unspecified atom stereocenters. The van der Waals surface area contributed by atoms with Crippen molar-refractivity contribution in [3.63, 3.8) is 0 Å². The molecule has 0 aliphatic carbocycles. The zero-order valence-electron chi connectivity index (χ0n) is 16.5. The second-order valence-electron chi connectivity index (χ2n) is 6.97. The zero-order valence-corrected chi connectivity index (χ0v) is 17.3. The molecule has 0 aliphatic rings. The van der Waals surface area contributed by atoms with Gasteiger partial charge in [0.15, 0.2) is 0 Å². The van der Waals surface area contributed by atoms with Crippen molar-refractivity contribution in [3.05, 3.63) is 0 Å². The molecule has 0 heterocycles. The molecular weight excluding hydrogens is 661 g/mol. The Hall–Kier alpha value is -1.70. The standard InChI is InChI=1S/C12H3F23O3S/c13-1(14)3(16,17)5(20,21)7(24,25)9(28,29)11(32,33)12(34,35)10(30,31)8(26,27)6(22,23)4(18,19)2(15)39(36,37)38/h1-2H,(H,36,37,38). The van der Waals surface area contributed by atoms with E-state index in [2.05, 4.69) is 0 Å². The SMILES string of the molecule is O=S(=O)(O)C(F)C(F)(F)C(F)(F)C(F)(F)C(F)(F)C(F)(F)C(F)(F)C(F)(F)C(F)(F)C(F)(F)C(F)(F)C(F)F. The van der Waals surface area contributed by atoms with Crippen LogP contribution in [-0.4, -0.2) is 84.1 Å². The first-order valence-electron chi connectivity index (χ1n) is 8.01. The second-order valence-corrected chi connectivity index (χ2v) is 8.42. The highest BCUT2D eigenvalue weighted by Crippen LogP contribution is 2.66. The van der Waals surface area contributed by atoms with Gasteiger partial charge in [0, 0.05) is 0 Å². The molecule has 236 valence electrons. The first-order valence-corrected chi connectivity index (χ1v) is 9.52. The molecule has 0 aromatic heterocycles. The third-order valence-corrected chi connectivity index (χ3v) is 5.24. The lowest BCUT2D eigenvalue weighted by molar-refractivity contribution is -0.471. The molecule has 1 N–H and O–H groups in total. The second kappa shape index (κ2) is 9.15. The highest BCUT2D eigenvalue weighted by molar-refractivity contribution is 7.86. The maximum atomic E-state index is 13.5. The molecule has 0 aromatic rings. The van der Waals surface area contributed by atoms with E-state index in [-0.39, 0.29) is 0 Å². The Balaban J connectivity index is 7.29. The number of halogens is 23. The van der Waals surface area contributed by atoms with E-state index in [0.717, 1.165) is 0 Å². The van der Waals surface area contributed by atoms with Gasteiger partial charge in [-0.2, -0.15) is 96.2 Å². The molecule has 0 aliphatic heterocycles. The maximum Gasteiger partial charge on any atom is 0.385 e. The lowest BCUT2D eigenvalue weighted by atomic mass is 9.85. The summed E-state index contributed by atoms with van der Waals surface area (Å²) in [6.07, 6.45) is -6.27. The molecule has 3 nitrogen and oxygen atoms in total. The van der Waals surface area contributed by atoms with Crippen molar-refractivity contribution in [2.75, 3.05) is 0 Å². The van der Waals surface area contributed by atoms with Crippen LogP contribution in [0.25, 0.3) is 0 Å². The van der Waals surface area contributed by atoms with Crippen molar-refractivity contribution in [2.24, 2.45) is 0 Å². The van der Waals surface area contributed by atoms with Crippen LogP contribution in [0.1, 0.15) is 0 Å². The molecule has 1 atom stereocenters. The molecule has 0 radical (unpaired) electrons. The van der Waals surface area contributed by atoms with Gasteiger partial charge in [0.05, 0.1) is 0 Å². The van der Waals surface area contributed by atoms with Gasteiger partial charge in [-0.05, 0) is 0 Å². The van der Waals surface area contributed by atoms with Crippen molar-refractivity contribution in [2.45, 2.75) is 71.2 Å². The minimum atomic E-state index is -9.52. The fourth-order valence-electron chi connectivity index (χ4n) is 2.07. The van der Waals surface area contributed by atoms with Gasteiger partial charge < -0.3 is 0 Å². The van der Waals surface area contributed by atoms with Gasteiger partial charge in [0.25, 0.3) is 5.50 Å². The van der Waals surface area contributed by atoms with E-state index in [1.54, 1.807) is 0 Å². The number of rotatable bonds is 12. The van der Waals surface area contributed by atoms with E-state index in [1.807, 2.05) is 0 Å². The summed E-state index contributed by atoms with van der Waals surface area (Å²) in [6, 6.07) is 0. The Morgan fingerprint density at radius 2 is 0.564 bits per heavy atom. The van der Waals surface area contributed by atoms with Crippen molar-refractivity contribution < 1.29 is 114 Å². The van der Waals surface area contributed by atoms with Crippen LogP contribution in [0.5, 0.6) is 0 Å². The quantitative estimate of drug-likeness (QED) is 0.185. The zero-order chi connectivity index (χ0) is 32.7. The van der Waals surface area contributed by atoms with Gasteiger partial charge >= 0.3 is 75.8 Å². The molecular formula is C12H3F23O3S. The smallest absolute Gasteiger partial charge is 0.283 e. The van der Waals surface area contributed by atoms with Crippen molar-refractivity contribution in [3.8, 4) is 0 Å². The van der Waals surface area contributed by atoms with Crippen LogP contribution in [-0.2, 0) is 10.1 Å². The maximum absolute atomic E-state index is 13.5. The molecule has 0 rings (SSSR count). The van der Waals surface area contributed by atoms with Crippen LogP contribution in [0.3, 0.4) is 0 Å². The molecule has 0 bridgehead atoms. The summed E-state index contributed by atoms with van der Waals surface area (Å²) >= 11 is 0. The lowest BCUT2D eigenvalue weighted by Gasteiger charge is -2.45. The lowest BCUT2D eigenvalue weighted by Crippen LogP contribution is -2.77. The topological polar surface area (TPSA) is 54.4 Å². The minimum Gasteiger partial charge on any atom is -0.283 e. The van der Waals surface area contributed by atoms with E-state index in [1.165, 1.54) is 0 Å². The van der Waals surface area contributed by atoms with Crippen LogP contribution >= 0.6 is 0 Å². The van der Waals surface area contributed by atoms with Gasteiger partial charge in [-0.15, -0.1) is 0 Å². The first-order chi connectivity index (χ1) is 16.3. The summed E-state index contributed by atoms with van der Waals surface area (Å²) in [7, 11) is -7.44. The molecule has 39 heavy (non-hydrogen) atoms. The third kappa shape index (κ3) is 4.51. The summed E-state index contributed by atoms with van der Waals surface area (Å²) in [4.78, 5) is 0. The Morgan fingerprint density at radius 1 is 0.385 bits per heavy atom. The fourth-order valence-corrected chi connectivity index (χ4v) is 2.59. The molecule has 0 aromatic carbocycles. The highest BCUT2D eigenvalue weighted by atomic mass is 32.2. The number of hydrogen-bond donors (Lipinski definition) is 1. The molecule has 0 spiro atoms. The van der Waals surface area contributed by atoms with Crippen LogP contribution in [0.15, 0.2) is 0 Å². The summed E-state index contributed by atoms with van der Waals surface area (Å²) in [5, 5.41) is 0. The van der Waals surface area contributed by atoms with Gasteiger partial charge in [-0.1, -0.05) is 0 Å². The Morgan fingerprint density at radius 3 is 0.744 bits per heavy atom. The van der Waals surface area contributed by atoms with E-state index in [4.69, 9.17) is 4.55 Å². The summed E-state index contributed by atoms with van der Waals surface area (Å²) < 4.78 is 330. The summed E-state index contributed by atoms with van der Waals surface area (Å²) in [6.45, 7) is 0. The molecule has 0 amide bonds. The van der Waals surface area contributed by atoms with E-state index >= 15 is 0 Å². The molecule has 27 heteroatoms. The van der Waals surface area contributed by atoms with Crippen molar-refractivity contribution in [1.82, 2.24) is 0 Å². The van der Waals surface area contributed by atoms with Crippen LogP contribution in [0.2, 0.25) is 0 Å². The van der Waals surface area contributed by atoms with E-state index in [9.17, 15) is 109 Å². The largest absolute Gasteiger partial charge is 0.385 e. The number of alkyl halides is 23. The normalized spacial score (nSPS) is 17.6. The van der Waals surface area contributed by atoms with E-state index in [0.29, 0.717) is 0 Å². The predicted octanol–water partition coefficient (Wildman–Crippen LogP) is 6.79. The average molecular weight is 664 g/mol. The van der Waals surface area contributed by atoms with Gasteiger partial charge in [0.1, 0.15) is 0 Å². The van der Waals surface area contributed by atoms with Crippen LogP contribution < -0.4 is 0 Å². The average Bonchev–Trinajstić information content (AvgIpc) is 2.70.